The smallest absolute Gasteiger partial charge is 0.241 e. The second-order valence-corrected chi connectivity index (χ2v) is 7.04. The summed E-state index contributed by atoms with van der Waals surface area (Å²) >= 11 is 5.97. The van der Waals surface area contributed by atoms with Crippen LogP contribution in [0.15, 0.2) is 42.5 Å². The number of methoxy groups -OCH3 is 1. The molecule has 2 amide bonds. The maximum atomic E-state index is 12.5. The van der Waals surface area contributed by atoms with Crippen molar-refractivity contribution < 1.29 is 19.1 Å². The molecule has 2 rings (SSSR count). The van der Waals surface area contributed by atoms with E-state index < -0.39 is 6.04 Å². The first-order valence-corrected chi connectivity index (χ1v) is 9.34. The Balaban J connectivity index is 1.94. The molecule has 0 bridgehead atoms. The van der Waals surface area contributed by atoms with Gasteiger partial charge in [0.25, 0.3) is 0 Å². The number of amides is 2. The van der Waals surface area contributed by atoms with E-state index in [-0.39, 0.29) is 24.1 Å². The number of anilines is 2. The maximum Gasteiger partial charge on any atom is 0.241 e. The topological polar surface area (TPSA) is 87.7 Å². The Labute approximate surface area is 175 Å². The summed E-state index contributed by atoms with van der Waals surface area (Å²) in [4.78, 5) is 37.8. The van der Waals surface area contributed by atoms with Crippen LogP contribution in [0.4, 0.5) is 11.4 Å². The van der Waals surface area contributed by atoms with E-state index in [4.69, 9.17) is 16.3 Å². The van der Waals surface area contributed by atoms with Crippen LogP contribution in [-0.2, 0) is 9.59 Å². The third-order valence-corrected chi connectivity index (χ3v) is 4.66. The summed E-state index contributed by atoms with van der Waals surface area (Å²) in [6.07, 6.45) is 0. The van der Waals surface area contributed by atoms with E-state index in [0.717, 1.165) is 0 Å². The van der Waals surface area contributed by atoms with Crippen molar-refractivity contribution in [1.29, 1.82) is 0 Å². The van der Waals surface area contributed by atoms with Gasteiger partial charge in [0.05, 0.1) is 25.4 Å². The molecule has 2 aromatic carbocycles. The van der Waals surface area contributed by atoms with Gasteiger partial charge in [-0.25, -0.2) is 0 Å². The van der Waals surface area contributed by atoms with E-state index in [1.165, 1.54) is 14.0 Å². The van der Waals surface area contributed by atoms with E-state index in [1.807, 2.05) is 0 Å². The fourth-order valence-corrected chi connectivity index (χ4v) is 2.74. The molecule has 0 unspecified atom stereocenters. The quantitative estimate of drug-likeness (QED) is 0.642. The van der Waals surface area contributed by atoms with Crippen molar-refractivity contribution in [2.45, 2.75) is 19.9 Å². The number of carbonyl (C=O) groups is 3. The third-order valence-electron chi connectivity index (χ3n) is 4.43. The van der Waals surface area contributed by atoms with Crippen molar-refractivity contribution in [3.8, 4) is 5.75 Å². The van der Waals surface area contributed by atoms with Crippen LogP contribution in [0.5, 0.6) is 5.75 Å². The fraction of sp³-hybridized carbons (Fsp3) is 0.286. The second kappa shape index (κ2) is 10.0. The molecule has 0 aliphatic heterocycles. The number of rotatable bonds is 8. The average Bonchev–Trinajstić information content (AvgIpc) is 2.67. The SMILES string of the molecule is COc1ccc(Cl)cc1NC(=O)CN(C)[C@@H](C)C(=O)Nc1ccc(C(C)=O)cc1. The summed E-state index contributed by atoms with van der Waals surface area (Å²) in [5.74, 6) is -0.127. The molecule has 0 aliphatic carbocycles. The highest BCUT2D eigenvalue weighted by atomic mass is 35.5. The molecular weight excluding hydrogens is 394 g/mol. The predicted molar refractivity (Wildman–Crippen MR) is 114 cm³/mol. The van der Waals surface area contributed by atoms with Crippen molar-refractivity contribution in [3.63, 3.8) is 0 Å². The number of likely N-dealkylation sites (N-methyl/N-ethyl adjacent to an activating group) is 1. The lowest BCUT2D eigenvalue weighted by molar-refractivity contribution is -0.122. The number of nitrogens with zero attached hydrogens (tertiary/aromatic N) is 1. The van der Waals surface area contributed by atoms with E-state index in [2.05, 4.69) is 10.6 Å². The van der Waals surface area contributed by atoms with Crippen LogP contribution < -0.4 is 15.4 Å². The van der Waals surface area contributed by atoms with Crippen molar-refractivity contribution in [2.75, 3.05) is 31.3 Å². The van der Waals surface area contributed by atoms with Crippen LogP contribution in [-0.4, -0.2) is 49.2 Å². The molecule has 0 spiro atoms. The van der Waals surface area contributed by atoms with Crippen LogP contribution in [0, 0.1) is 0 Å². The molecular formula is C21H24ClN3O4. The zero-order valence-corrected chi connectivity index (χ0v) is 17.5. The van der Waals surface area contributed by atoms with Gasteiger partial charge in [-0.2, -0.15) is 0 Å². The first kappa shape index (κ1) is 22.4. The van der Waals surface area contributed by atoms with Crippen LogP contribution in [0.2, 0.25) is 5.02 Å². The Morgan fingerprint density at radius 3 is 2.34 bits per heavy atom. The number of hydrogen-bond acceptors (Lipinski definition) is 5. The number of halogens is 1. The Bertz CT molecular complexity index is 899. The number of nitrogens with one attached hydrogen (secondary N) is 2. The lowest BCUT2D eigenvalue weighted by atomic mass is 10.1. The van der Waals surface area contributed by atoms with Crippen LogP contribution >= 0.6 is 11.6 Å². The van der Waals surface area contributed by atoms with Gasteiger partial charge in [-0.05, 0) is 63.4 Å². The van der Waals surface area contributed by atoms with Gasteiger partial charge in [0.1, 0.15) is 5.75 Å². The monoisotopic (exact) mass is 417 g/mol. The van der Waals surface area contributed by atoms with Crippen LogP contribution in [0.1, 0.15) is 24.2 Å². The van der Waals surface area contributed by atoms with Gasteiger partial charge < -0.3 is 15.4 Å². The zero-order valence-electron chi connectivity index (χ0n) is 16.8. The molecule has 0 saturated carbocycles. The average molecular weight is 418 g/mol. The fourth-order valence-electron chi connectivity index (χ4n) is 2.57. The predicted octanol–water partition coefficient (Wildman–Crippen LogP) is 3.45. The molecule has 0 saturated heterocycles. The molecule has 0 fully saturated rings. The van der Waals surface area contributed by atoms with Crippen LogP contribution in [0.25, 0.3) is 0 Å². The Kier molecular flexibility index (Phi) is 7.75. The minimum absolute atomic E-state index is 0.00642. The van der Waals surface area contributed by atoms with Gasteiger partial charge in [0, 0.05) is 16.3 Å². The van der Waals surface area contributed by atoms with Crippen molar-refractivity contribution in [2.24, 2.45) is 0 Å². The molecule has 8 heteroatoms. The number of benzene rings is 2. The summed E-state index contributed by atoms with van der Waals surface area (Å²) in [6.45, 7) is 3.18. The first-order chi connectivity index (χ1) is 13.7. The Morgan fingerprint density at radius 1 is 1.10 bits per heavy atom. The number of Topliss-reactive ketones (excluding diaryl/α,β-unsaturated/α-hetero) is 1. The summed E-state index contributed by atoms with van der Waals surface area (Å²) in [5, 5.41) is 5.99. The van der Waals surface area contributed by atoms with Gasteiger partial charge >= 0.3 is 0 Å². The summed E-state index contributed by atoms with van der Waals surface area (Å²) in [6, 6.07) is 11.0. The molecule has 0 aromatic heterocycles. The molecule has 0 aliphatic rings. The number of ketones is 1. The van der Waals surface area contributed by atoms with Gasteiger partial charge in [0.2, 0.25) is 11.8 Å². The van der Waals surface area contributed by atoms with Gasteiger partial charge in [-0.1, -0.05) is 11.6 Å². The lowest BCUT2D eigenvalue weighted by Crippen LogP contribution is -2.43. The highest BCUT2D eigenvalue weighted by Gasteiger charge is 2.21. The molecule has 0 heterocycles. The third kappa shape index (κ3) is 6.30. The lowest BCUT2D eigenvalue weighted by Gasteiger charge is -2.23. The largest absolute Gasteiger partial charge is 0.495 e. The van der Waals surface area contributed by atoms with E-state index in [0.29, 0.717) is 27.7 Å². The van der Waals surface area contributed by atoms with E-state index in [1.54, 1.807) is 61.3 Å². The van der Waals surface area contributed by atoms with Crippen LogP contribution in [0.3, 0.4) is 0 Å². The minimum Gasteiger partial charge on any atom is -0.495 e. The van der Waals surface area contributed by atoms with E-state index in [9.17, 15) is 14.4 Å². The van der Waals surface area contributed by atoms with Gasteiger partial charge in [-0.15, -0.1) is 0 Å². The second-order valence-electron chi connectivity index (χ2n) is 6.61. The Hall–Kier alpha value is -2.90. The molecule has 0 radical (unpaired) electrons. The Morgan fingerprint density at radius 2 is 1.76 bits per heavy atom. The summed E-state index contributed by atoms with van der Waals surface area (Å²) in [7, 11) is 3.18. The number of hydrogen-bond donors (Lipinski definition) is 2. The summed E-state index contributed by atoms with van der Waals surface area (Å²) < 4.78 is 5.21. The normalized spacial score (nSPS) is 11.7. The van der Waals surface area contributed by atoms with E-state index >= 15 is 0 Å². The molecule has 7 nitrogen and oxygen atoms in total. The number of ether oxygens (including phenoxy) is 1. The number of carbonyl (C=O) groups excluding carboxylic acids is 3. The highest BCUT2D eigenvalue weighted by Crippen LogP contribution is 2.27. The van der Waals surface area contributed by atoms with Gasteiger partial charge in [0.15, 0.2) is 5.78 Å². The van der Waals surface area contributed by atoms with Gasteiger partial charge in [-0.3, -0.25) is 19.3 Å². The highest BCUT2D eigenvalue weighted by molar-refractivity contribution is 6.31. The molecule has 29 heavy (non-hydrogen) atoms. The first-order valence-electron chi connectivity index (χ1n) is 8.96. The van der Waals surface area contributed by atoms with Crippen molar-refractivity contribution in [1.82, 2.24) is 4.90 Å². The molecule has 154 valence electrons. The van der Waals surface area contributed by atoms with Crippen molar-refractivity contribution in [3.05, 3.63) is 53.1 Å². The molecule has 1 atom stereocenters. The molecule has 2 N–H and O–H groups in total. The standard InChI is InChI=1S/C21H24ClN3O4/c1-13(21(28)23-17-8-5-15(6-9-17)14(2)26)25(3)12-20(27)24-18-11-16(22)7-10-19(18)29-4/h5-11,13H,12H2,1-4H3,(H,23,28)(H,24,27)/t13-/m0/s1. The van der Waals surface area contributed by atoms with Crippen molar-refractivity contribution >= 4 is 40.6 Å². The summed E-state index contributed by atoms with van der Waals surface area (Å²) in [5.41, 5.74) is 1.61. The maximum absolute atomic E-state index is 12.5. The minimum atomic E-state index is -0.561. The zero-order chi connectivity index (χ0) is 21.6. The molecule has 2 aromatic rings.